The Morgan fingerprint density at radius 2 is 2.11 bits per heavy atom. The number of nitrogens with zero attached hydrogens (tertiary/aromatic N) is 3. The Kier molecular flexibility index (Phi) is 2.33. The summed E-state index contributed by atoms with van der Waals surface area (Å²) in [4.78, 5) is 11.9. The van der Waals surface area contributed by atoms with Crippen LogP contribution in [0.15, 0.2) is 36.7 Å². The van der Waals surface area contributed by atoms with E-state index in [1.807, 2.05) is 30.3 Å². The van der Waals surface area contributed by atoms with Crippen LogP contribution >= 0.6 is 0 Å². The van der Waals surface area contributed by atoms with E-state index in [0.717, 1.165) is 5.56 Å². The van der Waals surface area contributed by atoms with Crippen molar-refractivity contribution in [3.8, 4) is 11.3 Å². The average Bonchev–Trinajstić information content (AvgIpc) is 2.98. The second-order valence-electron chi connectivity index (χ2n) is 3.74. The van der Waals surface area contributed by atoms with Gasteiger partial charge in [-0.15, -0.1) is 10.2 Å². The van der Waals surface area contributed by atoms with E-state index in [0.29, 0.717) is 16.9 Å². The first kappa shape index (κ1) is 10.5. The number of ether oxygens (including phenoxy) is 1. The molecule has 1 aromatic carbocycles. The Morgan fingerprint density at radius 3 is 2.83 bits per heavy atom. The van der Waals surface area contributed by atoms with Crippen LogP contribution < -0.4 is 0 Å². The third-order valence-electron chi connectivity index (χ3n) is 2.71. The van der Waals surface area contributed by atoms with Crippen LogP contribution in [0.1, 0.15) is 10.4 Å². The molecule has 0 unspecified atom stereocenters. The molecule has 2 aromatic heterocycles. The summed E-state index contributed by atoms with van der Waals surface area (Å²) in [6, 6.07) is 9.53. The van der Waals surface area contributed by atoms with Gasteiger partial charge in [0.05, 0.1) is 12.8 Å². The lowest BCUT2D eigenvalue weighted by molar-refractivity contribution is 0.0603. The van der Waals surface area contributed by atoms with E-state index in [9.17, 15) is 4.79 Å². The number of aromatic amines is 1. The molecule has 0 fully saturated rings. The Hall–Kier alpha value is -2.63. The largest absolute Gasteiger partial charge is 0.465 e. The molecule has 3 aromatic rings. The first-order chi connectivity index (χ1) is 8.81. The van der Waals surface area contributed by atoms with Crippen molar-refractivity contribution in [1.82, 2.24) is 19.8 Å². The molecule has 0 amide bonds. The number of benzene rings is 1. The highest BCUT2D eigenvalue weighted by atomic mass is 16.5. The Balaban J connectivity index is 2.28. The van der Waals surface area contributed by atoms with Gasteiger partial charge in [0, 0.05) is 5.56 Å². The summed E-state index contributed by atoms with van der Waals surface area (Å²) in [5.74, 6) is -0.437. The van der Waals surface area contributed by atoms with Crippen molar-refractivity contribution in [3.63, 3.8) is 0 Å². The van der Waals surface area contributed by atoms with Crippen molar-refractivity contribution in [2.45, 2.75) is 0 Å². The number of methoxy groups -OCH3 is 1. The molecule has 6 heteroatoms. The van der Waals surface area contributed by atoms with Crippen LogP contribution in [0.5, 0.6) is 0 Å². The summed E-state index contributed by atoms with van der Waals surface area (Å²) < 4.78 is 6.39. The van der Waals surface area contributed by atoms with Crippen molar-refractivity contribution in [2.75, 3.05) is 7.11 Å². The van der Waals surface area contributed by atoms with Crippen LogP contribution in [0.2, 0.25) is 0 Å². The van der Waals surface area contributed by atoms with E-state index >= 15 is 0 Å². The van der Waals surface area contributed by atoms with Crippen molar-refractivity contribution in [1.29, 1.82) is 0 Å². The monoisotopic (exact) mass is 242 g/mol. The van der Waals surface area contributed by atoms with Crippen LogP contribution in [0, 0.1) is 0 Å². The molecule has 3 rings (SSSR count). The standard InChI is InChI=1S/C12H10N4O2/c1-18-12(17)9-10(8-5-3-2-4-6-8)15-16-7-13-14-11(9)16/h2-7,15H,1H3. The highest BCUT2D eigenvalue weighted by Crippen LogP contribution is 2.25. The summed E-state index contributed by atoms with van der Waals surface area (Å²) in [5, 5.41) is 10.7. The average molecular weight is 242 g/mol. The van der Waals surface area contributed by atoms with Gasteiger partial charge in [-0.2, -0.15) is 0 Å². The fourth-order valence-electron chi connectivity index (χ4n) is 1.88. The number of nitrogens with one attached hydrogen (secondary N) is 1. The normalized spacial score (nSPS) is 10.7. The molecule has 0 aliphatic rings. The smallest absolute Gasteiger partial charge is 0.344 e. The Bertz CT molecular complexity index is 699. The van der Waals surface area contributed by atoms with Crippen LogP contribution in [0.3, 0.4) is 0 Å². The van der Waals surface area contributed by atoms with Gasteiger partial charge in [-0.25, -0.2) is 9.31 Å². The van der Waals surface area contributed by atoms with Gasteiger partial charge < -0.3 is 4.74 Å². The minimum absolute atomic E-state index is 0.390. The quantitative estimate of drug-likeness (QED) is 0.691. The number of aromatic nitrogens is 4. The summed E-state index contributed by atoms with van der Waals surface area (Å²) in [7, 11) is 1.34. The molecule has 0 bridgehead atoms. The van der Waals surface area contributed by atoms with E-state index in [-0.39, 0.29) is 0 Å². The molecule has 18 heavy (non-hydrogen) atoms. The predicted molar refractivity (Wildman–Crippen MR) is 64.1 cm³/mol. The molecular weight excluding hydrogens is 232 g/mol. The van der Waals surface area contributed by atoms with E-state index in [2.05, 4.69) is 15.3 Å². The van der Waals surface area contributed by atoms with E-state index in [4.69, 9.17) is 4.74 Å². The zero-order valence-electron chi connectivity index (χ0n) is 9.62. The number of carbonyl (C=O) groups is 1. The van der Waals surface area contributed by atoms with Gasteiger partial charge >= 0.3 is 5.97 Å². The molecule has 0 aliphatic heterocycles. The number of hydrogen-bond acceptors (Lipinski definition) is 4. The SMILES string of the molecule is COC(=O)c1c(-c2ccccc2)[nH]n2cnnc12. The number of carbonyl (C=O) groups excluding carboxylic acids is 1. The van der Waals surface area contributed by atoms with Crippen molar-refractivity contribution in [3.05, 3.63) is 42.2 Å². The van der Waals surface area contributed by atoms with Crippen molar-refractivity contribution in [2.24, 2.45) is 0 Å². The molecule has 2 heterocycles. The van der Waals surface area contributed by atoms with Gasteiger partial charge in [-0.3, -0.25) is 5.10 Å². The van der Waals surface area contributed by atoms with Gasteiger partial charge in [-0.05, 0) is 0 Å². The molecule has 0 atom stereocenters. The molecule has 1 N–H and O–H groups in total. The third-order valence-corrected chi connectivity index (χ3v) is 2.71. The first-order valence-electron chi connectivity index (χ1n) is 5.36. The van der Waals surface area contributed by atoms with Crippen LogP contribution in [-0.4, -0.2) is 32.9 Å². The Labute approximate surface area is 102 Å². The number of hydrogen-bond donors (Lipinski definition) is 1. The van der Waals surface area contributed by atoms with Gasteiger partial charge in [0.15, 0.2) is 5.65 Å². The fraction of sp³-hybridized carbons (Fsp3) is 0.0833. The second kappa shape index (κ2) is 3.99. The molecule has 0 radical (unpaired) electrons. The number of H-pyrrole nitrogens is 1. The molecule has 90 valence electrons. The zero-order valence-corrected chi connectivity index (χ0v) is 9.62. The first-order valence-corrected chi connectivity index (χ1v) is 5.36. The lowest BCUT2D eigenvalue weighted by atomic mass is 10.1. The molecule has 0 aliphatic carbocycles. The van der Waals surface area contributed by atoms with Crippen LogP contribution in [-0.2, 0) is 4.74 Å². The number of fused-ring (bicyclic) bond motifs is 1. The van der Waals surface area contributed by atoms with Crippen LogP contribution in [0.25, 0.3) is 16.9 Å². The van der Waals surface area contributed by atoms with Crippen molar-refractivity contribution >= 4 is 11.6 Å². The van der Waals surface area contributed by atoms with Gasteiger partial charge in [0.2, 0.25) is 0 Å². The molecule has 0 saturated heterocycles. The van der Waals surface area contributed by atoms with E-state index in [1.165, 1.54) is 13.4 Å². The van der Waals surface area contributed by atoms with Gasteiger partial charge in [0.25, 0.3) is 0 Å². The molecular formula is C12H10N4O2. The fourth-order valence-corrected chi connectivity index (χ4v) is 1.88. The highest BCUT2D eigenvalue weighted by molar-refractivity contribution is 6.02. The minimum atomic E-state index is -0.437. The maximum Gasteiger partial charge on any atom is 0.344 e. The second-order valence-corrected chi connectivity index (χ2v) is 3.74. The molecule has 0 spiro atoms. The maximum atomic E-state index is 11.9. The summed E-state index contributed by atoms with van der Waals surface area (Å²) >= 11 is 0. The molecule has 0 saturated carbocycles. The maximum absolute atomic E-state index is 11.9. The highest BCUT2D eigenvalue weighted by Gasteiger charge is 2.22. The summed E-state index contributed by atoms with van der Waals surface area (Å²) in [6.45, 7) is 0. The zero-order chi connectivity index (χ0) is 12.5. The van der Waals surface area contributed by atoms with Crippen molar-refractivity contribution < 1.29 is 9.53 Å². The third kappa shape index (κ3) is 1.46. The number of rotatable bonds is 2. The predicted octanol–water partition coefficient (Wildman–Crippen LogP) is 1.51. The Morgan fingerprint density at radius 1 is 1.33 bits per heavy atom. The number of esters is 1. The summed E-state index contributed by atoms with van der Waals surface area (Å²) in [6.07, 6.45) is 1.51. The van der Waals surface area contributed by atoms with Crippen LogP contribution in [0.4, 0.5) is 0 Å². The lowest BCUT2D eigenvalue weighted by Gasteiger charge is -2.01. The molecule has 6 nitrogen and oxygen atoms in total. The van der Waals surface area contributed by atoms with Gasteiger partial charge in [0.1, 0.15) is 11.9 Å². The van der Waals surface area contributed by atoms with E-state index in [1.54, 1.807) is 4.52 Å². The topological polar surface area (TPSA) is 72.3 Å². The summed E-state index contributed by atoms with van der Waals surface area (Å²) in [5.41, 5.74) is 2.41. The minimum Gasteiger partial charge on any atom is -0.465 e. The lowest BCUT2D eigenvalue weighted by Crippen LogP contribution is -2.02. The van der Waals surface area contributed by atoms with Gasteiger partial charge in [-0.1, -0.05) is 30.3 Å². The van der Waals surface area contributed by atoms with E-state index < -0.39 is 5.97 Å².